The minimum absolute atomic E-state index is 0.431. The number of carboxylic acid groups (broad SMARTS) is 4. The van der Waals surface area contributed by atoms with Crippen LogP contribution in [0.2, 0.25) is 0 Å². The smallest absolute Gasteiger partial charge is 0.336 e. The molecule has 0 spiro atoms. The highest BCUT2D eigenvalue weighted by Gasteiger charge is 2.25. The first kappa shape index (κ1) is 27.0. The van der Waals surface area contributed by atoms with Gasteiger partial charge >= 0.3 is 23.9 Å². The van der Waals surface area contributed by atoms with E-state index in [9.17, 15) is 19.2 Å². The molecule has 4 aromatic carbocycles. The summed E-state index contributed by atoms with van der Waals surface area (Å²) in [4.78, 5) is 59.2. The van der Waals surface area contributed by atoms with E-state index in [1.165, 1.54) is 0 Å². The van der Waals surface area contributed by atoms with Crippen molar-refractivity contribution in [2.24, 2.45) is 0 Å². The molecule has 6 aromatic rings. The van der Waals surface area contributed by atoms with Crippen LogP contribution in [0, 0.1) is 0 Å². The molecule has 200 valence electrons. The molecule has 0 saturated carbocycles. The number of rotatable bonds is 4. The van der Waals surface area contributed by atoms with E-state index < -0.39 is 56.9 Å². The van der Waals surface area contributed by atoms with Gasteiger partial charge in [0.1, 0.15) is 0 Å². The molecule has 0 aliphatic heterocycles. The molecular weight excluding hydrogens is 520 g/mol. The van der Waals surface area contributed by atoms with Crippen molar-refractivity contribution in [3.8, 4) is 0 Å². The van der Waals surface area contributed by atoms with Gasteiger partial charge in [-0.3, -0.25) is 0 Å². The van der Waals surface area contributed by atoms with E-state index in [1.807, 2.05) is 48.5 Å². The summed E-state index contributed by atoms with van der Waals surface area (Å²) in [6, 6.07) is 19.6. The molecule has 6 N–H and O–H groups in total. The van der Waals surface area contributed by atoms with Gasteiger partial charge in [-0.15, -0.1) is 0 Å². The van der Waals surface area contributed by atoms with Crippen molar-refractivity contribution in [2.75, 3.05) is 0 Å². The first-order valence-corrected chi connectivity index (χ1v) is 11.5. The number of H-pyrrole nitrogens is 2. The number of nitrogens with one attached hydrogen (secondary N) is 2. The second-order valence-corrected chi connectivity index (χ2v) is 8.13. The molecule has 0 aliphatic carbocycles. The number of imidazole rings is 2. The van der Waals surface area contributed by atoms with Gasteiger partial charge in [0.15, 0.2) is 0 Å². The van der Waals surface area contributed by atoms with Crippen LogP contribution in [0.5, 0.6) is 0 Å². The zero-order valence-electron chi connectivity index (χ0n) is 20.4. The molecule has 12 heteroatoms. The summed E-state index contributed by atoms with van der Waals surface area (Å²) < 4.78 is 0. The maximum absolute atomic E-state index is 11.3. The van der Waals surface area contributed by atoms with Gasteiger partial charge in [0, 0.05) is 10.8 Å². The molecule has 6 rings (SSSR count). The third-order valence-electron chi connectivity index (χ3n) is 5.74. The fourth-order valence-electron chi connectivity index (χ4n) is 3.97. The zero-order chi connectivity index (χ0) is 28.8. The molecule has 2 aromatic heterocycles. The first-order valence-electron chi connectivity index (χ1n) is 11.5. The van der Waals surface area contributed by atoms with Crippen LogP contribution in [-0.4, -0.2) is 64.2 Å². The van der Waals surface area contributed by atoms with E-state index in [2.05, 4.69) is 19.9 Å². The number of aromatic amines is 2. The van der Waals surface area contributed by atoms with Gasteiger partial charge in [-0.1, -0.05) is 24.3 Å². The van der Waals surface area contributed by atoms with Crippen LogP contribution in [0.15, 0.2) is 85.5 Å². The second-order valence-electron chi connectivity index (χ2n) is 8.13. The number of carbonyl (C=O) groups is 4. The summed E-state index contributed by atoms with van der Waals surface area (Å²) in [6.45, 7) is 0. The number of hydrogen-bond acceptors (Lipinski definition) is 6. The molecule has 0 atom stereocenters. The van der Waals surface area contributed by atoms with Crippen LogP contribution >= 0.6 is 0 Å². The number of fused-ring (bicyclic) bond motifs is 3. The molecule has 0 radical (unpaired) electrons. The number of nitrogens with zero attached hydrogens (tertiary/aromatic N) is 2. The lowest BCUT2D eigenvalue weighted by Crippen LogP contribution is -2.11. The fraction of sp³-hybridized carbons (Fsp3) is 0. The predicted molar refractivity (Wildman–Crippen MR) is 144 cm³/mol. The third-order valence-corrected chi connectivity index (χ3v) is 5.74. The van der Waals surface area contributed by atoms with E-state index in [1.54, 1.807) is 12.7 Å². The number of aromatic carboxylic acids is 4. The topological polar surface area (TPSA) is 207 Å². The van der Waals surface area contributed by atoms with Crippen molar-refractivity contribution in [3.63, 3.8) is 0 Å². The fourth-order valence-corrected chi connectivity index (χ4v) is 3.97. The third kappa shape index (κ3) is 5.60. The minimum Gasteiger partial charge on any atom is -0.478 e. The number of carboxylic acids is 4. The Bertz CT molecular complexity index is 1630. The van der Waals surface area contributed by atoms with Crippen molar-refractivity contribution in [3.05, 3.63) is 108 Å². The number of aromatic nitrogens is 4. The Hall–Kier alpha value is -6.04. The van der Waals surface area contributed by atoms with Crippen LogP contribution in [0.25, 0.3) is 32.8 Å². The molecule has 12 nitrogen and oxygen atoms in total. The molecule has 0 bridgehead atoms. The van der Waals surface area contributed by atoms with E-state index in [-0.39, 0.29) is 0 Å². The zero-order valence-corrected chi connectivity index (χ0v) is 20.4. The van der Waals surface area contributed by atoms with Crippen molar-refractivity contribution in [1.29, 1.82) is 0 Å². The lowest BCUT2D eigenvalue weighted by atomic mass is 9.91. The van der Waals surface area contributed by atoms with Gasteiger partial charge in [-0.2, -0.15) is 0 Å². The maximum Gasteiger partial charge on any atom is 0.336 e. The van der Waals surface area contributed by atoms with Gasteiger partial charge < -0.3 is 30.4 Å². The molecular formula is C28H20N4O8. The standard InChI is InChI=1S/C14H8O8.2C7H6N2/c15-11(16)5-1-2-6(12(17)18)10-8(14(21)22)4-3-7(9(5)10)13(19)20;2*1-2-4-7-6(3-1)8-5-9-7/h1-4H,(H,15,16)(H,17,18)(H,19,20)(H,21,22);2*1-5H,(H,8,9). The Balaban J connectivity index is 0.000000165. The average molecular weight is 540 g/mol. The molecule has 0 saturated heterocycles. The average Bonchev–Trinajstić information content (AvgIpc) is 3.61. The highest BCUT2D eigenvalue weighted by molar-refractivity contribution is 6.21. The largest absolute Gasteiger partial charge is 0.478 e. The van der Waals surface area contributed by atoms with Gasteiger partial charge in [0.05, 0.1) is 57.0 Å². The molecule has 2 heterocycles. The second kappa shape index (κ2) is 11.6. The van der Waals surface area contributed by atoms with Crippen LogP contribution in [0.3, 0.4) is 0 Å². The Morgan fingerprint density at radius 3 is 1.05 bits per heavy atom. The Morgan fingerprint density at radius 1 is 0.475 bits per heavy atom. The Kier molecular flexibility index (Phi) is 7.81. The summed E-state index contributed by atoms with van der Waals surface area (Å²) in [6.07, 6.45) is 3.40. The Morgan fingerprint density at radius 2 is 0.775 bits per heavy atom. The SMILES string of the molecule is O=C(O)c1ccc(C(=O)O)c2c(C(=O)O)ccc(C(=O)O)c12.c1ccc2[nH]cnc2c1.c1ccc2[nH]cnc2c1. The van der Waals surface area contributed by atoms with Crippen LogP contribution in [0.4, 0.5) is 0 Å². The van der Waals surface area contributed by atoms with E-state index in [4.69, 9.17) is 20.4 Å². The van der Waals surface area contributed by atoms with E-state index in [0.29, 0.717) is 0 Å². The molecule has 0 amide bonds. The van der Waals surface area contributed by atoms with E-state index in [0.717, 1.165) is 46.3 Å². The summed E-state index contributed by atoms with van der Waals surface area (Å²) in [7, 11) is 0. The lowest BCUT2D eigenvalue weighted by molar-refractivity contribution is 0.0675. The number of benzene rings is 4. The highest BCUT2D eigenvalue weighted by atomic mass is 16.4. The Labute approximate surface area is 224 Å². The van der Waals surface area contributed by atoms with E-state index >= 15 is 0 Å². The van der Waals surface area contributed by atoms with Gasteiger partial charge in [-0.05, 0) is 48.5 Å². The van der Waals surface area contributed by atoms with Crippen molar-refractivity contribution < 1.29 is 39.6 Å². The molecule has 40 heavy (non-hydrogen) atoms. The lowest BCUT2D eigenvalue weighted by Gasteiger charge is -2.11. The van der Waals surface area contributed by atoms with Gasteiger partial charge in [-0.25, -0.2) is 29.1 Å². The summed E-state index contributed by atoms with van der Waals surface area (Å²) in [5.41, 5.74) is 2.30. The van der Waals surface area contributed by atoms with Gasteiger partial charge in [0.2, 0.25) is 0 Å². The molecule has 0 unspecified atom stereocenters. The summed E-state index contributed by atoms with van der Waals surface area (Å²) in [5, 5.41) is 35.8. The predicted octanol–water partition coefficient (Wildman–Crippen LogP) is 4.76. The van der Waals surface area contributed by atoms with Crippen LogP contribution < -0.4 is 0 Å². The molecule has 0 fully saturated rings. The van der Waals surface area contributed by atoms with Crippen LogP contribution in [-0.2, 0) is 0 Å². The van der Waals surface area contributed by atoms with Gasteiger partial charge in [0.25, 0.3) is 0 Å². The summed E-state index contributed by atoms with van der Waals surface area (Å²) >= 11 is 0. The quantitative estimate of drug-likeness (QED) is 0.181. The molecule has 0 aliphatic rings. The van der Waals surface area contributed by atoms with Crippen molar-refractivity contribution in [1.82, 2.24) is 19.9 Å². The van der Waals surface area contributed by atoms with Crippen molar-refractivity contribution in [2.45, 2.75) is 0 Å². The minimum atomic E-state index is -1.49. The van der Waals surface area contributed by atoms with Crippen LogP contribution in [0.1, 0.15) is 41.4 Å². The summed E-state index contributed by atoms with van der Waals surface area (Å²) in [5.74, 6) is -5.97. The number of para-hydroxylation sites is 4. The normalized spacial score (nSPS) is 10.3. The monoisotopic (exact) mass is 540 g/mol. The number of hydrogen-bond donors (Lipinski definition) is 6. The maximum atomic E-state index is 11.3. The first-order chi connectivity index (χ1) is 19.2. The van der Waals surface area contributed by atoms with Crippen molar-refractivity contribution >= 4 is 56.7 Å². The highest BCUT2D eigenvalue weighted by Crippen LogP contribution is 2.30.